The van der Waals surface area contributed by atoms with E-state index in [1.807, 2.05) is 0 Å². The molecular formula is C18H16F6N2O4S. The molecule has 0 saturated heterocycles. The summed E-state index contributed by atoms with van der Waals surface area (Å²) >= 11 is -0.115. The number of alkyl halides is 6. The lowest BCUT2D eigenvalue weighted by atomic mass is 10.0. The fourth-order valence-corrected chi connectivity index (χ4v) is 3.54. The van der Waals surface area contributed by atoms with E-state index in [0.717, 1.165) is 4.90 Å². The summed E-state index contributed by atoms with van der Waals surface area (Å²) in [7, 11) is 0. The lowest BCUT2D eigenvalue weighted by Crippen LogP contribution is -2.53. The van der Waals surface area contributed by atoms with Gasteiger partial charge in [0.25, 0.3) is 5.60 Å². The summed E-state index contributed by atoms with van der Waals surface area (Å²) in [5.74, 6) is -2.54. The second-order valence-electron chi connectivity index (χ2n) is 6.79. The number of carboxylic acid groups (broad SMARTS) is 1. The molecule has 0 saturated carbocycles. The highest BCUT2D eigenvalue weighted by Crippen LogP contribution is 2.52. The molecule has 0 unspecified atom stereocenters. The number of carboxylic acids is 1. The van der Waals surface area contributed by atoms with E-state index in [1.165, 1.54) is 38.1 Å². The lowest BCUT2D eigenvalue weighted by Gasteiger charge is -2.31. The van der Waals surface area contributed by atoms with Gasteiger partial charge in [-0.3, -0.25) is 9.69 Å². The summed E-state index contributed by atoms with van der Waals surface area (Å²) in [5, 5.41) is 18.0. The van der Waals surface area contributed by atoms with E-state index in [9.17, 15) is 41.0 Å². The number of thiazole rings is 1. The standard InChI is InChI=1S/C18H16F6N2O4S/c1-9(2)13(27)26(8-10-3-5-11(6-4-10)14(28)29)15-25-7-12(31-15)16(30,17(19,20)21)18(22,23)24/h3-7,9,30H,8H2,1-2H3,(H,28,29). The molecular weight excluding hydrogens is 454 g/mol. The molecule has 2 N–H and O–H groups in total. The Morgan fingerprint density at radius 2 is 1.58 bits per heavy atom. The maximum atomic E-state index is 13.1. The van der Waals surface area contributed by atoms with Crippen LogP contribution >= 0.6 is 11.3 Å². The van der Waals surface area contributed by atoms with Crippen molar-refractivity contribution in [2.45, 2.75) is 38.3 Å². The number of hydrogen-bond acceptors (Lipinski definition) is 5. The Bertz CT molecular complexity index is 939. The first-order valence-corrected chi connectivity index (χ1v) is 9.37. The van der Waals surface area contributed by atoms with Crippen LogP contribution in [0, 0.1) is 5.92 Å². The predicted octanol–water partition coefficient (Wildman–Crippen LogP) is 4.34. The Labute approximate surface area is 175 Å². The fraction of sp³-hybridized carbons (Fsp3) is 0.389. The third-order valence-corrected chi connectivity index (χ3v) is 5.33. The minimum atomic E-state index is -6.07. The van der Waals surface area contributed by atoms with Crippen LogP contribution in [0.25, 0.3) is 0 Å². The Kier molecular flexibility index (Phi) is 6.71. The van der Waals surface area contributed by atoms with Crippen molar-refractivity contribution in [3.05, 3.63) is 46.5 Å². The maximum absolute atomic E-state index is 13.1. The summed E-state index contributed by atoms with van der Waals surface area (Å²) in [4.78, 5) is 26.4. The number of carbonyl (C=O) groups excluding carboxylic acids is 1. The molecule has 0 aliphatic rings. The van der Waals surface area contributed by atoms with Gasteiger partial charge in [-0.15, -0.1) is 0 Å². The molecule has 0 fully saturated rings. The van der Waals surface area contributed by atoms with Crippen LogP contribution in [0.1, 0.15) is 34.6 Å². The summed E-state index contributed by atoms with van der Waals surface area (Å²) in [6.07, 6.45) is -11.9. The summed E-state index contributed by atoms with van der Waals surface area (Å²) < 4.78 is 78.7. The molecule has 6 nitrogen and oxygen atoms in total. The number of aliphatic hydroxyl groups is 1. The van der Waals surface area contributed by atoms with Gasteiger partial charge in [0, 0.05) is 12.1 Å². The third kappa shape index (κ3) is 4.82. The van der Waals surface area contributed by atoms with Crippen LogP contribution in [0.5, 0.6) is 0 Å². The Balaban J connectivity index is 2.48. The SMILES string of the molecule is CC(C)C(=O)N(Cc1ccc(C(=O)O)cc1)c1ncc(C(O)(C(F)(F)F)C(F)(F)F)s1. The van der Waals surface area contributed by atoms with Gasteiger partial charge >= 0.3 is 18.3 Å². The van der Waals surface area contributed by atoms with Crippen molar-refractivity contribution in [1.82, 2.24) is 4.98 Å². The highest BCUT2D eigenvalue weighted by atomic mass is 32.1. The third-order valence-electron chi connectivity index (χ3n) is 4.20. The average molecular weight is 470 g/mol. The molecule has 170 valence electrons. The summed E-state index contributed by atoms with van der Waals surface area (Å²) in [5.41, 5.74) is -4.84. The first kappa shape index (κ1) is 24.6. The van der Waals surface area contributed by atoms with Gasteiger partial charge in [-0.2, -0.15) is 26.3 Å². The van der Waals surface area contributed by atoms with E-state index in [0.29, 0.717) is 5.56 Å². The monoisotopic (exact) mass is 470 g/mol. The number of aromatic carboxylic acids is 1. The van der Waals surface area contributed by atoms with E-state index in [2.05, 4.69) is 4.98 Å². The van der Waals surface area contributed by atoms with Crippen molar-refractivity contribution in [2.75, 3.05) is 4.90 Å². The first-order valence-electron chi connectivity index (χ1n) is 8.55. The Hall–Kier alpha value is -2.67. The largest absolute Gasteiger partial charge is 0.478 e. The zero-order chi connectivity index (χ0) is 23.8. The zero-order valence-corrected chi connectivity index (χ0v) is 16.8. The van der Waals surface area contributed by atoms with Crippen molar-refractivity contribution in [2.24, 2.45) is 5.92 Å². The van der Waals surface area contributed by atoms with Crippen LogP contribution in [-0.2, 0) is 16.9 Å². The Morgan fingerprint density at radius 3 is 2.00 bits per heavy atom. The van der Waals surface area contributed by atoms with Crippen molar-refractivity contribution < 1.29 is 46.1 Å². The van der Waals surface area contributed by atoms with E-state index in [1.54, 1.807) is 0 Å². The van der Waals surface area contributed by atoms with Gasteiger partial charge in [0.05, 0.1) is 17.0 Å². The number of carbonyl (C=O) groups is 2. The fourth-order valence-electron chi connectivity index (χ4n) is 2.48. The Morgan fingerprint density at radius 1 is 1.06 bits per heavy atom. The molecule has 0 radical (unpaired) electrons. The van der Waals surface area contributed by atoms with Crippen LogP contribution in [0.4, 0.5) is 31.5 Å². The van der Waals surface area contributed by atoms with Gasteiger partial charge in [0.15, 0.2) is 5.13 Å². The molecule has 13 heteroatoms. The number of halogens is 6. The quantitative estimate of drug-likeness (QED) is 0.613. The topological polar surface area (TPSA) is 90.7 Å². The first-order chi connectivity index (χ1) is 14.1. The number of hydrogen-bond donors (Lipinski definition) is 2. The maximum Gasteiger partial charge on any atom is 0.431 e. The molecule has 0 bridgehead atoms. The molecule has 0 spiro atoms. The number of nitrogens with zero attached hydrogens (tertiary/aromatic N) is 2. The molecule has 1 aromatic heterocycles. The van der Waals surface area contributed by atoms with Crippen molar-refractivity contribution in [3.63, 3.8) is 0 Å². The summed E-state index contributed by atoms with van der Waals surface area (Å²) in [6, 6.07) is 5.16. The van der Waals surface area contributed by atoms with Crippen molar-refractivity contribution >= 4 is 28.3 Å². The molecule has 0 aliphatic heterocycles. The van der Waals surface area contributed by atoms with E-state index in [-0.39, 0.29) is 29.6 Å². The normalized spacial score (nSPS) is 12.8. The van der Waals surface area contributed by atoms with Crippen LogP contribution < -0.4 is 4.90 Å². The highest BCUT2D eigenvalue weighted by molar-refractivity contribution is 7.15. The minimum Gasteiger partial charge on any atom is -0.478 e. The predicted molar refractivity (Wildman–Crippen MR) is 97.6 cm³/mol. The second-order valence-corrected chi connectivity index (χ2v) is 7.80. The van der Waals surface area contributed by atoms with E-state index >= 15 is 0 Å². The molecule has 0 aliphatic carbocycles. The van der Waals surface area contributed by atoms with Crippen molar-refractivity contribution in [3.8, 4) is 0 Å². The van der Waals surface area contributed by atoms with Gasteiger partial charge in [-0.05, 0) is 17.7 Å². The molecule has 1 aromatic carbocycles. The zero-order valence-electron chi connectivity index (χ0n) is 16.0. The highest BCUT2D eigenvalue weighted by Gasteiger charge is 2.72. The molecule has 0 atom stereocenters. The van der Waals surface area contributed by atoms with Gasteiger partial charge < -0.3 is 10.2 Å². The molecule has 1 amide bonds. The molecule has 2 aromatic rings. The minimum absolute atomic E-state index is 0.0533. The lowest BCUT2D eigenvalue weighted by molar-refractivity contribution is -0.375. The molecule has 1 heterocycles. The van der Waals surface area contributed by atoms with Crippen LogP contribution in [-0.4, -0.2) is 39.4 Å². The number of rotatable bonds is 6. The van der Waals surface area contributed by atoms with E-state index in [4.69, 9.17) is 5.11 Å². The van der Waals surface area contributed by atoms with Crippen LogP contribution in [0.3, 0.4) is 0 Å². The number of benzene rings is 1. The number of anilines is 1. The van der Waals surface area contributed by atoms with Gasteiger partial charge in [-0.25, -0.2) is 9.78 Å². The van der Waals surface area contributed by atoms with E-state index < -0.39 is 45.8 Å². The van der Waals surface area contributed by atoms with Gasteiger partial charge in [0.2, 0.25) is 5.91 Å². The summed E-state index contributed by atoms with van der Waals surface area (Å²) in [6.45, 7) is 2.65. The van der Waals surface area contributed by atoms with Crippen LogP contribution in [0.15, 0.2) is 30.5 Å². The van der Waals surface area contributed by atoms with Crippen LogP contribution in [0.2, 0.25) is 0 Å². The van der Waals surface area contributed by atoms with Gasteiger partial charge in [-0.1, -0.05) is 37.3 Å². The molecule has 2 rings (SSSR count). The van der Waals surface area contributed by atoms with Gasteiger partial charge in [0.1, 0.15) is 0 Å². The second kappa shape index (κ2) is 8.46. The van der Waals surface area contributed by atoms with Crippen molar-refractivity contribution in [1.29, 1.82) is 0 Å². The smallest absolute Gasteiger partial charge is 0.431 e. The number of amides is 1. The average Bonchev–Trinajstić information content (AvgIpc) is 3.13. The molecule has 31 heavy (non-hydrogen) atoms. The number of aromatic nitrogens is 1.